The van der Waals surface area contributed by atoms with E-state index in [-0.39, 0.29) is 12.5 Å². The topological polar surface area (TPSA) is 107 Å². The summed E-state index contributed by atoms with van der Waals surface area (Å²) in [5.41, 5.74) is 1.58. The van der Waals surface area contributed by atoms with Crippen LogP contribution in [-0.2, 0) is 6.42 Å². The molecule has 2 aliphatic rings. The Kier molecular flexibility index (Phi) is 3.54. The molecule has 0 aliphatic heterocycles. The van der Waals surface area contributed by atoms with Crippen molar-refractivity contribution in [3.05, 3.63) is 40.7 Å². The molecule has 2 atom stereocenters. The molecule has 8 heteroatoms. The molecule has 2 N–H and O–H groups in total. The second-order valence-electron chi connectivity index (χ2n) is 7.54. The summed E-state index contributed by atoms with van der Waals surface area (Å²) < 4.78 is 2.33. The van der Waals surface area contributed by atoms with Crippen LogP contribution in [0.3, 0.4) is 0 Å². The Morgan fingerprint density at radius 3 is 3.08 bits per heavy atom. The first-order valence-electron chi connectivity index (χ1n) is 8.50. The smallest absolute Gasteiger partial charge is 0.272 e. The summed E-state index contributed by atoms with van der Waals surface area (Å²) in [4.78, 5) is 17.0. The largest absolute Gasteiger partial charge is 0.619 e. The fourth-order valence-corrected chi connectivity index (χ4v) is 3.56. The molecule has 132 valence electrons. The van der Waals surface area contributed by atoms with Crippen LogP contribution in [0.4, 0.5) is 0 Å². The maximum Gasteiger partial charge on any atom is 0.272 e. The number of aromatic nitrogens is 4. The molecule has 0 radical (unpaired) electrons. The molecule has 2 aliphatic carbocycles. The van der Waals surface area contributed by atoms with Gasteiger partial charge in [0.05, 0.1) is 24.0 Å². The Labute approximate surface area is 145 Å². The van der Waals surface area contributed by atoms with Crippen LogP contribution in [0, 0.1) is 11.1 Å². The van der Waals surface area contributed by atoms with Gasteiger partial charge in [0.2, 0.25) is 12.0 Å². The average molecular weight is 343 g/mol. The van der Waals surface area contributed by atoms with E-state index in [1.807, 2.05) is 0 Å². The van der Waals surface area contributed by atoms with Crippen LogP contribution in [0.1, 0.15) is 54.4 Å². The van der Waals surface area contributed by atoms with Crippen molar-refractivity contribution in [1.29, 1.82) is 0 Å². The first kappa shape index (κ1) is 16.0. The lowest BCUT2D eigenvalue weighted by Crippen LogP contribution is -2.46. The van der Waals surface area contributed by atoms with Gasteiger partial charge in [-0.05, 0) is 39.0 Å². The number of nitrogens with one attached hydrogen (secondary N) is 1. The quantitative estimate of drug-likeness (QED) is 0.619. The van der Waals surface area contributed by atoms with Crippen molar-refractivity contribution in [2.45, 2.75) is 44.6 Å². The highest BCUT2D eigenvalue weighted by Gasteiger charge is 2.47. The molecule has 4 rings (SSSR count). The standard InChI is InChI=1S/C17H21N5O3/c1-17(2,9-23)19-16(24)14-11-4-3-10-7-12(10)15(11)22(20-14)13-8-21(25)6-5-18-13/h5-6,8,10,12,23H,3-4,7,9H2,1-2H3,(H,19,24). The minimum absolute atomic E-state index is 0.164. The number of fused-ring (bicyclic) bond motifs is 3. The number of hydrogen-bond donors (Lipinski definition) is 2. The highest BCUT2D eigenvalue weighted by Crippen LogP contribution is 2.55. The summed E-state index contributed by atoms with van der Waals surface area (Å²) in [5.74, 6) is 1.13. The summed E-state index contributed by atoms with van der Waals surface area (Å²) in [6.45, 7) is 3.34. The average Bonchev–Trinajstić information content (AvgIpc) is 3.26. The number of aliphatic hydroxyl groups excluding tert-OH is 1. The van der Waals surface area contributed by atoms with Crippen molar-refractivity contribution >= 4 is 5.91 Å². The van der Waals surface area contributed by atoms with Gasteiger partial charge in [-0.1, -0.05) is 0 Å². The number of amides is 1. The van der Waals surface area contributed by atoms with Crippen LogP contribution < -0.4 is 10.0 Å². The highest BCUT2D eigenvalue weighted by molar-refractivity contribution is 5.94. The van der Waals surface area contributed by atoms with Crippen LogP contribution in [0.25, 0.3) is 5.82 Å². The van der Waals surface area contributed by atoms with Crippen LogP contribution in [0.15, 0.2) is 18.6 Å². The zero-order chi connectivity index (χ0) is 17.8. The lowest BCUT2D eigenvalue weighted by atomic mass is 9.95. The van der Waals surface area contributed by atoms with E-state index in [0.29, 0.717) is 28.1 Å². The van der Waals surface area contributed by atoms with E-state index in [9.17, 15) is 15.1 Å². The van der Waals surface area contributed by atoms with Gasteiger partial charge in [-0.3, -0.25) is 4.79 Å². The van der Waals surface area contributed by atoms with Gasteiger partial charge in [-0.15, -0.1) is 0 Å². The van der Waals surface area contributed by atoms with Crippen molar-refractivity contribution in [3.8, 4) is 5.82 Å². The Bertz CT molecular complexity index is 845. The summed E-state index contributed by atoms with van der Waals surface area (Å²) in [6.07, 6.45) is 7.04. The molecule has 2 aromatic rings. The second-order valence-corrected chi connectivity index (χ2v) is 7.54. The number of carbonyl (C=O) groups excluding carboxylic acids is 1. The second kappa shape index (κ2) is 5.52. The summed E-state index contributed by atoms with van der Waals surface area (Å²) in [6, 6.07) is 0. The molecule has 0 spiro atoms. The normalized spacial score (nSPS) is 21.4. The van der Waals surface area contributed by atoms with Crippen molar-refractivity contribution in [2.24, 2.45) is 5.92 Å². The Morgan fingerprint density at radius 2 is 2.36 bits per heavy atom. The van der Waals surface area contributed by atoms with Crippen LogP contribution in [0.5, 0.6) is 0 Å². The van der Waals surface area contributed by atoms with Gasteiger partial charge in [-0.25, -0.2) is 9.67 Å². The first-order valence-corrected chi connectivity index (χ1v) is 8.50. The van der Waals surface area contributed by atoms with E-state index in [2.05, 4.69) is 15.4 Å². The van der Waals surface area contributed by atoms with Gasteiger partial charge in [0.15, 0.2) is 11.9 Å². The lowest BCUT2D eigenvalue weighted by molar-refractivity contribution is -0.605. The zero-order valence-corrected chi connectivity index (χ0v) is 14.3. The van der Waals surface area contributed by atoms with Crippen molar-refractivity contribution in [2.75, 3.05) is 6.61 Å². The van der Waals surface area contributed by atoms with Crippen LogP contribution in [0.2, 0.25) is 0 Å². The zero-order valence-electron chi connectivity index (χ0n) is 14.3. The molecule has 25 heavy (non-hydrogen) atoms. The minimum atomic E-state index is -0.729. The Hall–Kier alpha value is -2.48. The molecule has 0 aromatic carbocycles. The summed E-state index contributed by atoms with van der Waals surface area (Å²) >= 11 is 0. The van der Waals surface area contributed by atoms with E-state index in [1.54, 1.807) is 18.5 Å². The Morgan fingerprint density at radius 1 is 1.56 bits per heavy atom. The monoisotopic (exact) mass is 343 g/mol. The van der Waals surface area contributed by atoms with Crippen molar-refractivity contribution < 1.29 is 14.6 Å². The molecule has 0 bridgehead atoms. The number of nitrogens with zero attached hydrogens (tertiary/aromatic N) is 4. The molecule has 0 saturated heterocycles. The fraction of sp³-hybridized carbons (Fsp3) is 0.529. The lowest BCUT2D eigenvalue weighted by Gasteiger charge is -2.23. The molecule has 2 unspecified atom stereocenters. The fourth-order valence-electron chi connectivity index (χ4n) is 3.56. The predicted octanol–water partition coefficient (Wildman–Crippen LogP) is 0.451. The Balaban J connectivity index is 1.79. The molecule has 1 fully saturated rings. The molecule has 2 aromatic heterocycles. The minimum Gasteiger partial charge on any atom is -0.619 e. The van der Waals surface area contributed by atoms with E-state index in [4.69, 9.17) is 0 Å². The summed E-state index contributed by atoms with van der Waals surface area (Å²) in [7, 11) is 0. The number of hydrogen-bond acceptors (Lipinski definition) is 5. The molecular formula is C17H21N5O3. The third-order valence-corrected chi connectivity index (χ3v) is 5.00. The molecule has 8 nitrogen and oxygen atoms in total. The molecule has 2 heterocycles. The van der Waals surface area contributed by atoms with E-state index in [0.717, 1.165) is 30.5 Å². The molecule has 1 saturated carbocycles. The van der Waals surface area contributed by atoms with Gasteiger partial charge in [0.1, 0.15) is 0 Å². The van der Waals surface area contributed by atoms with Crippen LogP contribution in [-0.4, -0.2) is 37.9 Å². The van der Waals surface area contributed by atoms with Crippen molar-refractivity contribution in [1.82, 2.24) is 20.1 Å². The van der Waals surface area contributed by atoms with Gasteiger partial charge in [0.25, 0.3) is 5.91 Å². The third-order valence-electron chi connectivity index (χ3n) is 5.00. The van der Waals surface area contributed by atoms with E-state index in [1.165, 1.54) is 18.6 Å². The van der Waals surface area contributed by atoms with Gasteiger partial charge < -0.3 is 15.6 Å². The maximum atomic E-state index is 12.7. The predicted molar refractivity (Wildman–Crippen MR) is 88.1 cm³/mol. The van der Waals surface area contributed by atoms with Crippen molar-refractivity contribution in [3.63, 3.8) is 0 Å². The summed E-state index contributed by atoms with van der Waals surface area (Å²) in [5, 5.41) is 28.4. The molecule has 1 amide bonds. The van der Waals surface area contributed by atoms with E-state index >= 15 is 0 Å². The highest BCUT2D eigenvalue weighted by atomic mass is 16.5. The number of aliphatic hydroxyl groups is 1. The first-order chi connectivity index (χ1) is 11.9. The van der Waals surface area contributed by atoms with Crippen LogP contribution >= 0.6 is 0 Å². The van der Waals surface area contributed by atoms with Gasteiger partial charge in [-0.2, -0.15) is 9.83 Å². The van der Waals surface area contributed by atoms with Gasteiger partial charge >= 0.3 is 0 Å². The SMILES string of the molecule is CC(C)(CO)NC(=O)c1nn(-c2c[n+]([O-])ccn2)c2c1CCC1CC21. The number of rotatable bonds is 4. The molecular weight excluding hydrogens is 322 g/mol. The number of carbonyl (C=O) groups is 1. The van der Waals surface area contributed by atoms with E-state index < -0.39 is 5.54 Å². The maximum absolute atomic E-state index is 12.7. The third kappa shape index (κ3) is 2.76. The van der Waals surface area contributed by atoms with Gasteiger partial charge in [0, 0.05) is 11.5 Å².